The molecule has 6 heteroatoms. The van der Waals surface area contributed by atoms with Gasteiger partial charge in [0, 0.05) is 5.69 Å². The molecule has 3 atom stereocenters. The lowest BCUT2D eigenvalue weighted by atomic mass is 9.79. The molecule has 2 bridgehead atoms. The number of fused-ring (bicyclic) bond motifs is 2. The van der Waals surface area contributed by atoms with Gasteiger partial charge in [0.1, 0.15) is 11.7 Å². The molecule has 0 saturated heterocycles. The summed E-state index contributed by atoms with van der Waals surface area (Å²) < 4.78 is 11.2. The lowest BCUT2D eigenvalue weighted by Crippen LogP contribution is -2.49. The Labute approximate surface area is 169 Å². The van der Waals surface area contributed by atoms with Gasteiger partial charge in [-0.25, -0.2) is 4.79 Å². The normalized spacial score (nSPS) is 23.1. The van der Waals surface area contributed by atoms with E-state index >= 15 is 0 Å². The van der Waals surface area contributed by atoms with Crippen LogP contribution in [0.15, 0.2) is 84.0 Å². The van der Waals surface area contributed by atoms with Gasteiger partial charge in [-0.2, -0.15) is 0 Å². The summed E-state index contributed by atoms with van der Waals surface area (Å²) in [5.74, 6) is -1.29. The Hall–Kier alpha value is -3.38. The van der Waals surface area contributed by atoms with Gasteiger partial charge in [-0.1, -0.05) is 54.6 Å². The van der Waals surface area contributed by atoms with E-state index in [4.69, 9.17) is 15.2 Å². The lowest BCUT2D eigenvalue weighted by Gasteiger charge is -2.36. The fraction of sp³-hybridized carbons (Fsp3) is 0.217. The zero-order chi connectivity index (χ0) is 20.4. The maximum absolute atomic E-state index is 12.7. The Kier molecular flexibility index (Phi) is 4.94. The van der Waals surface area contributed by atoms with Gasteiger partial charge >= 0.3 is 5.97 Å². The number of methoxy groups -OCH3 is 1. The summed E-state index contributed by atoms with van der Waals surface area (Å²) in [6.07, 6.45) is 3.51. The molecule has 2 aliphatic rings. The molecule has 0 aliphatic carbocycles. The van der Waals surface area contributed by atoms with Crippen molar-refractivity contribution in [1.29, 1.82) is 0 Å². The minimum absolute atomic E-state index is 0.160. The molecule has 1 amide bonds. The van der Waals surface area contributed by atoms with Crippen molar-refractivity contribution in [3.8, 4) is 0 Å². The summed E-state index contributed by atoms with van der Waals surface area (Å²) in [7, 11) is 1.29. The molecular formula is C23H22N2O4. The molecule has 0 spiro atoms. The number of hydrogen-bond acceptors (Lipinski definition) is 5. The summed E-state index contributed by atoms with van der Waals surface area (Å²) in [5, 5.41) is 3.49. The van der Waals surface area contributed by atoms with E-state index in [0.29, 0.717) is 6.42 Å². The minimum atomic E-state index is -1.16. The molecule has 2 aromatic rings. The highest BCUT2D eigenvalue weighted by Crippen LogP contribution is 2.47. The van der Waals surface area contributed by atoms with Crippen molar-refractivity contribution >= 4 is 17.6 Å². The van der Waals surface area contributed by atoms with E-state index in [0.717, 1.165) is 11.3 Å². The number of benzene rings is 2. The molecule has 0 radical (unpaired) electrons. The van der Waals surface area contributed by atoms with E-state index in [9.17, 15) is 9.59 Å². The Bertz CT molecular complexity index is 943. The summed E-state index contributed by atoms with van der Waals surface area (Å²) in [5.41, 5.74) is 6.70. The number of para-hydroxylation sites is 1. The molecule has 2 aliphatic heterocycles. The number of carbonyl (C=O) groups is 2. The first kappa shape index (κ1) is 19.0. The van der Waals surface area contributed by atoms with Gasteiger partial charge in [0.15, 0.2) is 0 Å². The highest BCUT2D eigenvalue weighted by molar-refractivity contribution is 6.06. The number of ether oxygens (including phenoxy) is 2. The van der Waals surface area contributed by atoms with Crippen LogP contribution in [-0.4, -0.2) is 36.7 Å². The number of nitrogens with one attached hydrogen (secondary N) is 1. The topological polar surface area (TPSA) is 90.7 Å². The van der Waals surface area contributed by atoms with Crippen molar-refractivity contribution in [2.45, 2.75) is 24.2 Å². The molecule has 0 saturated carbocycles. The largest absolute Gasteiger partial charge is 0.466 e. The number of hydrogen-bond donors (Lipinski definition) is 2. The molecule has 148 valence electrons. The summed E-state index contributed by atoms with van der Waals surface area (Å²) in [6, 6.07) is 19.2. The van der Waals surface area contributed by atoms with Gasteiger partial charge in [0.2, 0.25) is 5.91 Å². The number of carbonyl (C=O) groups excluding carboxylic acids is 2. The second kappa shape index (κ2) is 7.56. The van der Waals surface area contributed by atoms with E-state index in [-0.39, 0.29) is 17.2 Å². The van der Waals surface area contributed by atoms with E-state index < -0.39 is 23.6 Å². The van der Waals surface area contributed by atoms with Crippen LogP contribution in [0.3, 0.4) is 0 Å². The van der Waals surface area contributed by atoms with E-state index in [1.165, 1.54) is 7.11 Å². The molecular weight excluding hydrogens is 368 g/mol. The standard InChI is InChI=1S/C23H22N2O4/c1-28-22(27)20-19(21(24)26)17-12-13-23(20,29-17)18(14-15-8-4-2-5-9-15)25-16-10-6-3-7-11-16/h2-13,17-18,25H,14H2,1H3,(H2,24,26). The second-order valence-corrected chi connectivity index (χ2v) is 7.09. The zero-order valence-corrected chi connectivity index (χ0v) is 16.0. The summed E-state index contributed by atoms with van der Waals surface area (Å²) >= 11 is 0. The number of nitrogens with two attached hydrogens (primary N) is 1. The zero-order valence-electron chi connectivity index (χ0n) is 16.0. The van der Waals surface area contributed by atoms with E-state index in [1.54, 1.807) is 6.08 Å². The molecule has 0 aromatic heterocycles. The van der Waals surface area contributed by atoms with Crippen LogP contribution >= 0.6 is 0 Å². The quantitative estimate of drug-likeness (QED) is 0.560. The van der Waals surface area contributed by atoms with Crippen LogP contribution < -0.4 is 11.1 Å². The third kappa shape index (κ3) is 3.32. The summed E-state index contributed by atoms with van der Waals surface area (Å²) in [6.45, 7) is 0. The predicted octanol–water partition coefficient (Wildman–Crippen LogP) is 2.37. The van der Waals surface area contributed by atoms with Crippen molar-refractivity contribution in [2.75, 3.05) is 12.4 Å². The van der Waals surface area contributed by atoms with Gasteiger partial charge < -0.3 is 20.5 Å². The SMILES string of the molecule is COC(=O)C1=C(C(N)=O)C2C=CC1(C(Cc1ccccc1)Nc1ccccc1)O2. The predicted molar refractivity (Wildman–Crippen MR) is 109 cm³/mol. The maximum atomic E-state index is 12.7. The van der Waals surface area contributed by atoms with Crippen LogP contribution in [-0.2, 0) is 25.5 Å². The molecule has 2 heterocycles. The minimum Gasteiger partial charge on any atom is -0.466 e. The lowest BCUT2D eigenvalue weighted by molar-refractivity contribution is -0.138. The van der Waals surface area contributed by atoms with E-state index in [1.807, 2.05) is 66.7 Å². The first-order valence-electron chi connectivity index (χ1n) is 9.40. The number of amides is 1. The summed E-state index contributed by atoms with van der Waals surface area (Å²) in [4.78, 5) is 24.8. The Morgan fingerprint density at radius 1 is 1.14 bits per heavy atom. The van der Waals surface area contributed by atoms with Crippen molar-refractivity contribution in [1.82, 2.24) is 0 Å². The number of esters is 1. The van der Waals surface area contributed by atoms with E-state index in [2.05, 4.69) is 5.32 Å². The number of anilines is 1. The fourth-order valence-corrected chi connectivity index (χ4v) is 4.07. The molecule has 29 heavy (non-hydrogen) atoms. The van der Waals surface area contributed by atoms with Crippen LogP contribution in [0.25, 0.3) is 0 Å². The van der Waals surface area contributed by atoms with Gasteiger partial charge in [-0.05, 0) is 30.2 Å². The fourth-order valence-electron chi connectivity index (χ4n) is 4.07. The molecule has 6 nitrogen and oxygen atoms in total. The van der Waals surface area contributed by atoms with Crippen LogP contribution in [0.5, 0.6) is 0 Å². The van der Waals surface area contributed by atoms with Crippen molar-refractivity contribution in [2.24, 2.45) is 5.73 Å². The first-order valence-corrected chi connectivity index (χ1v) is 9.40. The molecule has 4 rings (SSSR count). The maximum Gasteiger partial charge on any atom is 0.337 e. The Balaban J connectivity index is 1.80. The molecule has 0 fully saturated rings. The monoisotopic (exact) mass is 390 g/mol. The van der Waals surface area contributed by atoms with Crippen molar-refractivity contribution < 1.29 is 19.1 Å². The van der Waals surface area contributed by atoms with Gasteiger partial charge in [0.05, 0.1) is 24.3 Å². The van der Waals surface area contributed by atoms with Crippen molar-refractivity contribution in [3.05, 3.63) is 89.5 Å². The average Bonchev–Trinajstić information content (AvgIpc) is 3.32. The van der Waals surface area contributed by atoms with Crippen LogP contribution in [0.2, 0.25) is 0 Å². The molecule has 3 N–H and O–H groups in total. The average molecular weight is 390 g/mol. The Morgan fingerprint density at radius 3 is 2.41 bits per heavy atom. The second-order valence-electron chi connectivity index (χ2n) is 7.09. The van der Waals surface area contributed by atoms with Crippen LogP contribution in [0, 0.1) is 0 Å². The molecule has 3 unspecified atom stereocenters. The van der Waals surface area contributed by atoms with Crippen molar-refractivity contribution in [3.63, 3.8) is 0 Å². The smallest absolute Gasteiger partial charge is 0.337 e. The van der Waals surface area contributed by atoms with Crippen LogP contribution in [0.4, 0.5) is 5.69 Å². The van der Waals surface area contributed by atoms with Gasteiger partial charge in [0.25, 0.3) is 0 Å². The highest BCUT2D eigenvalue weighted by Gasteiger charge is 2.57. The first-order chi connectivity index (χ1) is 14.0. The van der Waals surface area contributed by atoms with Gasteiger partial charge in [-0.15, -0.1) is 0 Å². The van der Waals surface area contributed by atoms with Gasteiger partial charge in [-0.3, -0.25) is 4.79 Å². The number of rotatable bonds is 7. The third-order valence-corrected chi connectivity index (χ3v) is 5.36. The Morgan fingerprint density at radius 2 is 1.79 bits per heavy atom. The molecule has 2 aromatic carbocycles. The van der Waals surface area contributed by atoms with Crippen LogP contribution in [0.1, 0.15) is 5.56 Å². The number of primary amides is 1. The highest BCUT2D eigenvalue weighted by atomic mass is 16.5. The third-order valence-electron chi connectivity index (χ3n) is 5.36.